The third kappa shape index (κ3) is 2.94. The fraction of sp³-hybridized carbons (Fsp3) is 0.267. The van der Waals surface area contributed by atoms with Gasteiger partial charge in [-0.2, -0.15) is 0 Å². The second-order valence-corrected chi connectivity index (χ2v) is 7.15. The molecule has 0 fully saturated rings. The molecule has 1 aliphatic heterocycles. The second kappa shape index (κ2) is 5.69. The molecule has 8 heteroatoms. The fourth-order valence-electron chi connectivity index (χ4n) is 2.54. The van der Waals surface area contributed by atoms with Crippen LogP contribution in [0.4, 0.5) is 15.8 Å². The van der Waals surface area contributed by atoms with Crippen LogP contribution in [0.5, 0.6) is 11.5 Å². The van der Waals surface area contributed by atoms with Gasteiger partial charge in [-0.25, -0.2) is 17.8 Å². The van der Waals surface area contributed by atoms with Gasteiger partial charge in [-0.1, -0.05) is 0 Å². The molecule has 0 bridgehead atoms. The standard InChI is InChI=1S/C15H15FN2O4S/c1-23(20,21)15-10(8-16)6-11(9-17-15)18-4-5-22-14-3-2-12(19)7-13(14)18/h2-3,6-7,9,19H,4-5,8H2,1H3. The van der Waals surface area contributed by atoms with E-state index < -0.39 is 16.5 Å². The molecule has 3 rings (SSSR count). The molecule has 2 heterocycles. The number of rotatable bonds is 3. The molecule has 1 aromatic heterocycles. The van der Waals surface area contributed by atoms with Crippen molar-refractivity contribution in [2.75, 3.05) is 24.3 Å². The Bertz CT molecular complexity index is 855. The van der Waals surface area contributed by atoms with Crippen molar-refractivity contribution in [2.24, 2.45) is 0 Å². The summed E-state index contributed by atoms with van der Waals surface area (Å²) in [5, 5.41) is 9.41. The summed E-state index contributed by atoms with van der Waals surface area (Å²) < 4.78 is 42.1. The first-order valence-electron chi connectivity index (χ1n) is 6.88. The van der Waals surface area contributed by atoms with Gasteiger partial charge in [0.05, 0.1) is 24.1 Å². The normalized spacial score (nSPS) is 14.3. The van der Waals surface area contributed by atoms with E-state index in [1.54, 1.807) is 11.0 Å². The molecule has 6 nitrogen and oxygen atoms in total. The number of anilines is 2. The van der Waals surface area contributed by atoms with E-state index in [0.717, 1.165) is 6.26 Å². The number of hydrogen-bond acceptors (Lipinski definition) is 6. The predicted molar refractivity (Wildman–Crippen MR) is 82.8 cm³/mol. The maximum atomic E-state index is 13.2. The van der Waals surface area contributed by atoms with Crippen LogP contribution in [0, 0.1) is 0 Å². The van der Waals surface area contributed by atoms with Crippen LogP contribution in [0.25, 0.3) is 0 Å². The molecule has 0 saturated carbocycles. The number of hydrogen-bond donors (Lipinski definition) is 1. The van der Waals surface area contributed by atoms with E-state index in [2.05, 4.69) is 4.98 Å². The summed E-state index contributed by atoms with van der Waals surface area (Å²) in [7, 11) is -3.59. The van der Waals surface area contributed by atoms with Gasteiger partial charge in [-0.15, -0.1) is 0 Å². The summed E-state index contributed by atoms with van der Waals surface area (Å²) in [6, 6.07) is 6.15. The largest absolute Gasteiger partial charge is 0.508 e. The molecule has 0 aliphatic carbocycles. The minimum absolute atomic E-state index is 0.0122. The predicted octanol–water partition coefficient (Wildman–Crippen LogP) is 2.19. The summed E-state index contributed by atoms with van der Waals surface area (Å²) in [6.45, 7) is -0.0425. The molecule has 0 spiro atoms. The smallest absolute Gasteiger partial charge is 0.193 e. The zero-order valence-corrected chi connectivity index (χ0v) is 13.2. The Morgan fingerprint density at radius 2 is 2.17 bits per heavy atom. The second-order valence-electron chi connectivity index (χ2n) is 5.22. The average molecular weight is 338 g/mol. The molecular formula is C15H15FN2O4S. The number of aromatic hydroxyl groups is 1. The quantitative estimate of drug-likeness (QED) is 0.924. The molecule has 0 amide bonds. The van der Waals surface area contributed by atoms with Crippen molar-refractivity contribution >= 4 is 21.2 Å². The lowest BCUT2D eigenvalue weighted by atomic mass is 10.2. The number of pyridine rings is 1. The Kier molecular flexibility index (Phi) is 3.85. The monoisotopic (exact) mass is 338 g/mol. The number of phenols is 1. The first-order valence-corrected chi connectivity index (χ1v) is 8.77. The van der Waals surface area contributed by atoms with Gasteiger partial charge in [0.15, 0.2) is 14.9 Å². The first-order chi connectivity index (χ1) is 10.9. The van der Waals surface area contributed by atoms with E-state index in [0.29, 0.717) is 30.3 Å². The lowest BCUT2D eigenvalue weighted by molar-refractivity contribution is 0.313. The van der Waals surface area contributed by atoms with Crippen molar-refractivity contribution in [3.8, 4) is 11.5 Å². The lowest BCUT2D eigenvalue weighted by Crippen LogP contribution is -2.28. The van der Waals surface area contributed by atoms with Crippen LogP contribution >= 0.6 is 0 Å². The molecule has 0 unspecified atom stereocenters. The number of halogens is 1. The third-order valence-corrected chi connectivity index (χ3v) is 4.59. The summed E-state index contributed by atoms with van der Waals surface area (Å²) >= 11 is 0. The third-order valence-electron chi connectivity index (χ3n) is 3.52. The molecule has 0 radical (unpaired) electrons. The topological polar surface area (TPSA) is 79.7 Å². The molecule has 2 aromatic rings. The van der Waals surface area contributed by atoms with Gasteiger partial charge in [0.2, 0.25) is 0 Å². The average Bonchev–Trinajstić information content (AvgIpc) is 2.52. The van der Waals surface area contributed by atoms with E-state index in [1.807, 2.05) is 0 Å². The van der Waals surface area contributed by atoms with Gasteiger partial charge in [-0.3, -0.25) is 0 Å². The van der Waals surface area contributed by atoms with Crippen LogP contribution in [0.1, 0.15) is 5.56 Å². The minimum Gasteiger partial charge on any atom is -0.508 e. The highest BCUT2D eigenvalue weighted by atomic mass is 32.2. The molecular weight excluding hydrogens is 323 g/mol. The van der Waals surface area contributed by atoms with Crippen LogP contribution in [0.3, 0.4) is 0 Å². The molecule has 1 aliphatic rings. The van der Waals surface area contributed by atoms with Gasteiger partial charge >= 0.3 is 0 Å². The Labute approximate surface area is 133 Å². The number of nitrogens with zero attached hydrogens (tertiary/aromatic N) is 2. The Balaban J connectivity index is 2.09. The van der Waals surface area contributed by atoms with E-state index in [1.165, 1.54) is 24.4 Å². The van der Waals surface area contributed by atoms with Gasteiger partial charge in [-0.05, 0) is 18.2 Å². The van der Waals surface area contributed by atoms with Crippen molar-refractivity contribution in [1.82, 2.24) is 4.98 Å². The molecule has 1 aromatic carbocycles. The number of ether oxygens (including phenoxy) is 1. The zero-order valence-electron chi connectivity index (χ0n) is 12.4. The number of aromatic nitrogens is 1. The van der Waals surface area contributed by atoms with Crippen molar-refractivity contribution < 1.29 is 22.7 Å². The van der Waals surface area contributed by atoms with Crippen molar-refractivity contribution in [2.45, 2.75) is 11.7 Å². The summed E-state index contributed by atoms with van der Waals surface area (Å²) in [5.41, 5.74) is 1.17. The van der Waals surface area contributed by atoms with Crippen molar-refractivity contribution in [3.63, 3.8) is 0 Å². The van der Waals surface area contributed by atoms with Crippen LogP contribution in [0.15, 0.2) is 35.5 Å². The van der Waals surface area contributed by atoms with Crippen LogP contribution < -0.4 is 9.64 Å². The molecule has 0 saturated heterocycles. The maximum Gasteiger partial charge on any atom is 0.193 e. The Morgan fingerprint density at radius 3 is 2.87 bits per heavy atom. The number of phenolic OH excluding ortho intramolecular Hbond substituents is 1. The molecule has 1 N–H and O–H groups in total. The van der Waals surface area contributed by atoms with Gasteiger partial charge < -0.3 is 14.7 Å². The summed E-state index contributed by atoms with van der Waals surface area (Å²) in [5.74, 6) is 0.661. The highest BCUT2D eigenvalue weighted by Crippen LogP contribution is 2.39. The van der Waals surface area contributed by atoms with Gasteiger partial charge in [0, 0.05) is 17.9 Å². The summed E-state index contributed by atoms with van der Waals surface area (Å²) in [6.07, 6.45) is 2.38. The van der Waals surface area contributed by atoms with Crippen LogP contribution in [-0.4, -0.2) is 37.9 Å². The summed E-state index contributed by atoms with van der Waals surface area (Å²) in [4.78, 5) is 5.72. The lowest BCUT2D eigenvalue weighted by Gasteiger charge is -2.31. The number of sulfone groups is 1. The molecule has 23 heavy (non-hydrogen) atoms. The van der Waals surface area contributed by atoms with Crippen molar-refractivity contribution in [1.29, 1.82) is 0 Å². The highest BCUT2D eigenvalue weighted by molar-refractivity contribution is 7.90. The van der Waals surface area contributed by atoms with E-state index >= 15 is 0 Å². The number of alkyl halides is 1. The van der Waals surface area contributed by atoms with E-state index in [9.17, 15) is 17.9 Å². The van der Waals surface area contributed by atoms with E-state index in [4.69, 9.17) is 4.74 Å². The SMILES string of the molecule is CS(=O)(=O)c1ncc(N2CCOc3ccc(O)cc32)cc1CF. The Hall–Kier alpha value is -2.35. The number of benzene rings is 1. The van der Waals surface area contributed by atoms with Gasteiger partial charge in [0.1, 0.15) is 24.8 Å². The number of fused-ring (bicyclic) bond motifs is 1. The zero-order chi connectivity index (χ0) is 16.6. The van der Waals surface area contributed by atoms with E-state index in [-0.39, 0.29) is 16.3 Å². The van der Waals surface area contributed by atoms with Crippen LogP contribution in [0.2, 0.25) is 0 Å². The highest BCUT2D eigenvalue weighted by Gasteiger charge is 2.23. The van der Waals surface area contributed by atoms with Gasteiger partial charge in [0.25, 0.3) is 0 Å². The fourth-order valence-corrected chi connectivity index (χ4v) is 3.37. The van der Waals surface area contributed by atoms with Crippen LogP contribution in [-0.2, 0) is 16.5 Å². The minimum atomic E-state index is -3.59. The van der Waals surface area contributed by atoms with Crippen molar-refractivity contribution in [3.05, 3.63) is 36.0 Å². The molecule has 0 atom stereocenters. The Morgan fingerprint density at radius 1 is 1.39 bits per heavy atom. The first kappa shape index (κ1) is 15.5. The molecule has 122 valence electrons. The maximum absolute atomic E-state index is 13.2.